The molecule has 1 saturated heterocycles. The summed E-state index contributed by atoms with van der Waals surface area (Å²) < 4.78 is 16.4. The number of hydrogen-bond donors (Lipinski definition) is 1. The van der Waals surface area contributed by atoms with Crippen LogP contribution in [0.15, 0.2) is 34.9 Å². The van der Waals surface area contributed by atoms with Crippen molar-refractivity contribution in [3.63, 3.8) is 0 Å². The van der Waals surface area contributed by atoms with Crippen molar-refractivity contribution < 1.29 is 19.1 Å². The van der Waals surface area contributed by atoms with Gasteiger partial charge in [0.2, 0.25) is 0 Å². The summed E-state index contributed by atoms with van der Waals surface area (Å²) in [6.07, 6.45) is 2.40. The Balaban J connectivity index is 1.61. The average molecular weight is 275 g/mol. The summed E-state index contributed by atoms with van der Waals surface area (Å²) in [5.74, 6) is 1.45. The molecule has 3 rings (SSSR count). The number of ether oxygens (including phenoxy) is 2. The minimum absolute atomic E-state index is 0.119. The number of nitrogens with zero attached hydrogens (tertiary/aromatic N) is 1. The van der Waals surface area contributed by atoms with Gasteiger partial charge in [0, 0.05) is 18.2 Å². The van der Waals surface area contributed by atoms with Crippen LogP contribution in [-0.2, 0) is 11.3 Å². The van der Waals surface area contributed by atoms with Gasteiger partial charge in [-0.25, -0.2) is 0 Å². The third kappa shape index (κ3) is 3.00. The molecule has 0 amide bonds. The van der Waals surface area contributed by atoms with E-state index < -0.39 is 0 Å². The first-order valence-electron chi connectivity index (χ1n) is 6.76. The Hall–Kier alpha value is -1.85. The van der Waals surface area contributed by atoms with E-state index in [0.29, 0.717) is 18.1 Å². The Labute approximate surface area is 117 Å². The van der Waals surface area contributed by atoms with Crippen LogP contribution >= 0.6 is 0 Å². The van der Waals surface area contributed by atoms with E-state index >= 15 is 0 Å². The Morgan fingerprint density at radius 3 is 2.80 bits per heavy atom. The SMILES string of the molecule is OCc1cc(-c2ccc(OCC3CCCO3)cc2)on1. The van der Waals surface area contributed by atoms with E-state index in [1.807, 2.05) is 24.3 Å². The van der Waals surface area contributed by atoms with Gasteiger partial charge in [-0.15, -0.1) is 0 Å². The Kier molecular flexibility index (Phi) is 3.99. The quantitative estimate of drug-likeness (QED) is 0.907. The first kappa shape index (κ1) is 13.1. The maximum Gasteiger partial charge on any atom is 0.167 e. The van der Waals surface area contributed by atoms with Crippen LogP contribution in [0.1, 0.15) is 18.5 Å². The second kappa shape index (κ2) is 6.07. The zero-order valence-electron chi connectivity index (χ0n) is 11.1. The highest BCUT2D eigenvalue weighted by molar-refractivity contribution is 5.58. The summed E-state index contributed by atoms with van der Waals surface area (Å²) in [6, 6.07) is 9.33. The number of rotatable bonds is 5. The van der Waals surface area contributed by atoms with Gasteiger partial charge in [-0.2, -0.15) is 0 Å². The molecule has 2 aromatic rings. The van der Waals surface area contributed by atoms with E-state index in [1.165, 1.54) is 0 Å². The molecule has 2 heterocycles. The molecule has 5 heteroatoms. The van der Waals surface area contributed by atoms with Gasteiger partial charge in [0.1, 0.15) is 18.1 Å². The molecular formula is C15H17NO4. The fourth-order valence-electron chi connectivity index (χ4n) is 2.20. The third-order valence-electron chi connectivity index (χ3n) is 3.32. The molecule has 1 aromatic carbocycles. The van der Waals surface area contributed by atoms with Gasteiger partial charge in [0.15, 0.2) is 5.76 Å². The monoisotopic (exact) mass is 275 g/mol. The van der Waals surface area contributed by atoms with Crippen LogP contribution in [0, 0.1) is 0 Å². The standard InChI is InChI=1S/C15H17NO4/c17-9-12-8-15(20-16-12)11-3-5-13(6-4-11)19-10-14-2-1-7-18-14/h3-6,8,14,17H,1-2,7,9-10H2. The normalized spacial score (nSPS) is 18.4. The van der Waals surface area contributed by atoms with Crippen molar-refractivity contribution in [2.75, 3.05) is 13.2 Å². The molecule has 106 valence electrons. The van der Waals surface area contributed by atoms with E-state index in [9.17, 15) is 0 Å². The largest absolute Gasteiger partial charge is 0.491 e. The second-order valence-corrected chi connectivity index (χ2v) is 4.81. The van der Waals surface area contributed by atoms with E-state index in [4.69, 9.17) is 19.1 Å². The molecule has 1 aliphatic rings. The topological polar surface area (TPSA) is 64.7 Å². The van der Waals surface area contributed by atoms with Gasteiger partial charge in [0.25, 0.3) is 0 Å². The lowest BCUT2D eigenvalue weighted by Crippen LogP contribution is -2.16. The minimum atomic E-state index is -0.119. The molecule has 0 saturated carbocycles. The predicted octanol–water partition coefficient (Wildman–Crippen LogP) is 2.39. The fraction of sp³-hybridized carbons (Fsp3) is 0.400. The van der Waals surface area contributed by atoms with Gasteiger partial charge in [0.05, 0.1) is 12.7 Å². The number of benzene rings is 1. The lowest BCUT2D eigenvalue weighted by molar-refractivity contribution is 0.0679. The van der Waals surface area contributed by atoms with Gasteiger partial charge in [-0.3, -0.25) is 0 Å². The molecule has 20 heavy (non-hydrogen) atoms. The summed E-state index contributed by atoms with van der Waals surface area (Å²) in [7, 11) is 0. The molecule has 1 aliphatic heterocycles. The van der Waals surface area contributed by atoms with Crippen molar-refractivity contribution in [3.8, 4) is 17.1 Å². The molecule has 0 bridgehead atoms. The highest BCUT2D eigenvalue weighted by Gasteiger charge is 2.16. The number of hydrogen-bond acceptors (Lipinski definition) is 5. The molecule has 1 N–H and O–H groups in total. The van der Waals surface area contributed by atoms with Crippen LogP contribution in [0.2, 0.25) is 0 Å². The molecular weight excluding hydrogens is 258 g/mol. The number of aliphatic hydroxyl groups is 1. The van der Waals surface area contributed by atoms with Crippen LogP contribution in [-0.4, -0.2) is 29.6 Å². The molecule has 0 radical (unpaired) electrons. The van der Waals surface area contributed by atoms with Crippen molar-refractivity contribution in [2.24, 2.45) is 0 Å². The molecule has 1 fully saturated rings. The molecule has 0 spiro atoms. The lowest BCUT2D eigenvalue weighted by atomic mass is 10.1. The van der Waals surface area contributed by atoms with Crippen molar-refractivity contribution in [2.45, 2.75) is 25.6 Å². The van der Waals surface area contributed by atoms with Crippen LogP contribution < -0.4 is 4.74 Å². The van der Waals surface area contributed by atoms with Gasteiger partial charge < -0.3 is 19.1 Å². The minimum Gasteiger partial charge on any atom is -0.491 e. The number of aromatic nitrogens is 1. The van der Waals surface area contributed by atoms with Gasteiger partial charge in [-0.1, -0.05) is 5.16 Å². The van der Waals surface area contributed by atoms with Crippen molar-refractivity contribution in [1.29, 1.82) is 0 Å². The Bertz CT molecular complexity index is 543. The Morgan fingerprint density at radius 2 is 2.15 bits per heavy atom. The zero-order chi connectivity index (χ0) is 13.8. The summed E-state index contributed by atoms with van der Waals surface area (Å²) in [6.45, 7) is 1.31. The van der Waals surface area contributed by atoms with E-state index in [2.05, 4.69) is 5.16 Å². The highest BCUT2D eigenvalue weighted by Crippen LogP contribution is 2.23. The second-order valence-electron chi connectivity index (χ2n) is 4.81. The van der Waals surface area contributed by atoms with Gasteiger partial charge >= 0.3 is 0 Å². The van der Waals surface area contributed by atoms with Gasteiger partial charge in [-0.05, 0) is 37.1 Å². The Morgan fingerprint density at radius 1 is 1.30 bits per heavy atom. The maximum absolute atomic E-state index is 8.96. The highest BCUT2D eigenvalue weighted by atomic mass is 16.5. The maximum atomic E-state index is 8.96. The van der Waals surface area contributed by atoms with Crippen LogP contribution in [0.25, 0.3) is 11.3 Å². The fourth-order valence-corrected chi connectivity index (χ4v) is 2.20. The molecule has 1 unspecified atom stereocenters. The summed E-state index contributed by atoms with van der Waals surface area (Å²) in [4.78, 5) is 0. The molecule has 1 atom stereocenters. The van der Waals surface area contributed by atoms with Crippen LogP contribution in [0.3, 0.4) is 0 Å². The first-order valence-corrected chi connectivity index (χ1v) is 6.76. The van der Waals surface area contributed by atoms with Crippen LogP contribution in [0.4, 0.5) is 0 Å². The van der Waals surface area contributed by atoms with Crippen LogP contribution in [0.5, 0.6) is 5.75 Å². The van der Waals surface area contributed by atoms with E-state index in [-0.39, 0.29) is 12.7 Å². The first-order chi connectivity index (χ1) is 9.85. The molecule has 0 aliphatic carbocycles. The molecule has 5 nitrogen and oxygen atoms in total. The van der Waals surface area contributed by atoms with E-state index in [0.717, 1.165) is 30.8 Å². The average Bonchev–Trinajstić information content (AvgIpc) is 3.17. The smallest absolute Gasteiger partial charge is 0.167 e. The summed E-state index contributed by atoms with van der Waals surface area (Å²) in [5.41, 5.74) is 1.43. The summed E-state index contributed by atoms with van der Waals surface area (Å²) >= 11 is 0. The van der Waals surface area contributed by atoms with Crippen molar-refractivity contribution in [1.82, 2.24) is 5.16 Å². The van der Waals surface area contributed by atoms with E-state index in [1.54, 1.807) is 6.07 Å². The summed E-state index contributed by atoms with van der Waals surface area (Å²) in [5, 5.41) is 12.7. The number of aliphatic hydroxyl groups excluding tert-OH is 1. The van der Waals surface area contributed by atoms with Crippen molar-refractivity contribution >= 4 is 0 Å². The molecule has 1 aromatic heterocycles. The van der Waals surface area contributed by atoms with Crippen molar-refractivity contribution in [3.05, 3.63) is 36.0 Å². The predicted molar refractivity (Wildman–Crippen MR) is 72.3 cm³/mol. The lowest BCUT2D eigenvalue weighted by Gasteiger charge is -2.11. The third-order valence-corrected chi connectivity index (χ3v) is 3.32. The zero-order valence-corrected chi connectivity index (χ0v) is 11.1.